The molecule has 0 radical (unpaired) electrons. The van der Waals surface area contributed by atoms with E-state index in [0.717, 1.165) is 32.1 Å². The molecule has 0 heterocycles. The van der Waals surface area contributed by atoms with Crippen molar-refractivity contribution in [3.63, 3.8) is 0 Å². The van der Waals surface area contributed by atoms with Gasteiger partial charge in [-0.3, -0.25) is 13.8 Å². The van der Waals surface area contributed by atoms with Crippen LogP contribution in [0.5, 0.6) is 0 Å². The fraction of sp³-hybridized carbons (Fsp3) is 0.842. The van der Waals surface area contributed by atoms with Gasteiger partial charge in [0.15, 0.2) is 6.10 Å². The third-order valence-electron chi connectivity index (χ3n) is 8.22. The molecule has 0 aliphatic rings. The van der Waals surface area contributed by atoms with Gasteiger partial charge in [0.25, 0.3) is 0 Å². The molecule has 1 unspecified atom stereocenters. The van der Waals surface area contributed by atoms with Crippen LogP contribution in [0.4, 0.5) is 0 Å². The summed E-state index contributed by atoms with van der Waals surface area (Å²) in [5.41, 5.74) is 0. The standard InChI is InChI=1S/C38H71O10P/c1-3-5-7-9-11-13-15-16-17-18-20-22-24-26-28-30-38(42)48-36(34-47-49(43,44)46-32-35(40)31-39)33-45-37(41)29-27-25-23-21-19-14-12-10-8-6-4-2/h24,26,28,30,35-36,39-40H,3-23,25,27,29,31-34H2,1-2H3,(H,43,44)/b26-24+,30-28+/t35-,36+/m0/s1. The number of ether oxygens (including phenoxy) is 2. The van der Waals surface area contributed by atoms with Crippen molar-refractivity contribution in [1.29, 1.82) is 0 Å². The van der Waals surface area contributed by atoms with E-state index in [2.05, 4.69) is 18.4 Å². The molecule has 0 spiro atoms. The zero-order valence-corrected chi connectivity index (χ0v) is 31.8. The highest BCUT2D eigenvalue weighted by atomic mass is 31.2. The molecule has 288 valence electrons. The predicted octanol–water partition coefficient (Wildman–Crippen LogP) is 9.44. The van der Waals surface area contributed by atoms with Crippen molar-refractivity contribution >= 4 is 19.8 Å². The Morgan fingerprint density at radius 3 is 1.63 bits per heavy atom. The molecule has 3 N–H and O–H groups in total. The highest BCUT2D eigenvalue weighted by molar-refractivity contribution is 7.47. The van der Waals surface area contributed by atoms with Crippen LogP contribution in [0.1, 0.15) is 168 Å². The lowest BCUT2D eigenvalue weighted by Crippen LogP contribution is -2.29. The van der Waals surface area contributed by atoms with Crippen molar-refractivity contribution in [2.75, 3.05) is 26.4 Å². The Kier molecular flexibility index (Phi) is 33.8. The molecule has 0 bridgehead atoms. The Hall–Kier alpha value is -1.55. The number of unbranched alkanes of at least 4 members (excludes halogenated alkanes) is 21. The molecule has 0 fully saturated rings. The zero-order valence-electron chi connectivity index (χ0n) is 30.9. The van der Waals surface area contributed by atoms with Crippen LogP contribution in [0.2, 0.25) is 0 Å². The van der Waals surface area contributed by atoms with Crippen molar-refractivity contribution in [3.8, 4) is 0 Å². The van der Waals surface area contributed by atoms with Crippen LogP contribution in [0.15, 0.2) is 24.3 Å². The molecule has 0 aromatic carbocycles. The van der Waals surface area contributed by atoms with Crippen LogP contribution < -0.4 is 0 Å². The summed E-state index contributed by atoms with van der Waals surface area (Å²) in [6.45, 7) is 2.24. The van der Waals surface area contributed by atoms with Gasteiger partial charge >= 0.3 is 19.8 Å². The number of rotatable bonds is 36. The lowest BCUT2D eigenvalue weighted by molar-refractivity contribution is -0.157. The average Bonchev–Trinajstić information content (AvgIpc) is 3.09. The van der Waals surface area contributed by atoms with Gasteiger partial charge in [0.2, 0.25) is 0 Å². The number of allylic oxidation sites excluding steroid dienone is 3. The quantitative estimate of drug-likeness (QED) is 0.0188. The summed E-state index contributed by atoms with van der Waals surface area (Å²) >= 11 is 0. The molecule has 0 amide bonds. The van der Waals surface area contributed by atoms with E-state index in [0.29, 0.717) is 6.42 Å². The summed E-state index contributed by atoms with van der Waals surface area (Å²) in [6, 6.07) is 0. The van der Waals surface area contributed by atoms with Gasteiger partial charge in [0, 0.05) is 12.5 Å². The predicted molar refractivity (Wildman–Crippen MR) is 196 cm³/mol. The second-order valence-corrected chi connectivity index (χ2v) is 14.5. The lowest BCUT2D eigenvalue weighted by atomic mass is 10.1. The van der Waals surface area contributed by atoms with Gasteiger partial charge in [-0.2, -0.15) is 0 Å². The first-order valence-electron chi connectivity index (χ1n) is 19.3. The SMILES string of the molecule is CCCCCCCCCCCCC/C=C/C=C/C(=O)O[C@H](COC(=O)CCCCCCCCCCCCC)COP(=O)(O)OC[C@@H](O)CO. The van der Waals surface area contributed by atoms with E-state index in [1.165, 1.54) is 115 Å². The van der Waals surface area contributed by atoms with Gasteiger partial charge in [-0.15, -0.1) is 0 Å². The summed E-state index contributed by atoms with van der Waals surface area (Å²) in [7, 11) is -4.63. The Labute approximate surface area is 298 Å². The van der Waals surface area contributed by atoms with Gasteiger partial charge in [-0.05, 0) is 19.3 Å². The zero-order chi connectivity index (χ0) is 36.3. The smallest absolute Gasteiger partial charge is 0.462 e. The highest BCUT2D eigenvalue weighted by Gasteiger charge is 2.26. The maximum Gasteiger partial charge on any atom is 0.472 e. The topological polar surface area (TPSA) is 149 Å². The van der Waals surface area contributed by atoms with Crippen LogP contribution in [-0.4, -0.2) is 65.7 Å². The molecule has 10 nitrogen and oxygen atoms in total. The molecule has 0 aliphatic carbocycles. The first-order chi connectivity index (χ1) is 23.7. The van der Waals surface area contributed by atoms with Gasteiger partial charge < -0.3 is 24.6 Å². The second kappa shape index (κ2) is 34.9. The van der Waals surface area contributed by atoms with Crippen molar-refractivity contribution < 1.29 is 47.8 Å². The Bertz CT molecular complexity index is 879. The molecule has 0 saturated carbocycles. The number of phosphoric ester groups is 1. The minimum absolute atomic E-state index is 0.225. The number of aliphatic hydroxyl groups excluding tert-OH is 2. The minimum Gasteiger partial charge on any atom is -0.462 e. The number of hydrogen-bond acceptors (Lipinski definition) is 9. The molecule has 0 saturated heterocycles. The van der Waals surface area contributed by atoms with E-state index in [-0.39, 0.29) is 13.0 Å². The maximum absolute atomic E-state index is 12.4. The van der Waals surface area contributed by atoms with E-state index in [4.69, 9.17) is 19.1 Å². The highest BCUT2D eigenvalue weighted by Crippen LogP contribution is 2.43. The van der Waals surface area contributed by atoms with Crippen LogP contribution in [0.25, 0.3) is 0 Å². The number of aliphatic hydroxyl groups is 2. The molecule has 3 atom stereocenters. The largest absolute Gasteiger partial charge is 0.472 e. The Morgan fingerprint density at radius 1 is 0.653 bits per heavy atom. The molecule has 0 aromatic rings. The van der Waals surface area contributed by atoms with Crippen molar-refractivity contribution in [2.45, 2.75) is 180 Å². The number of carbonyl (C=O) groups is 2. The monoisotopic (exact) mass is 718 g/mol. The van der Waals surface area contributed by atoms with Crippen LogP contribution in [0.3, 0.4) is 0 Å². The molecule has 11 heteroatoms. The van der Waals surface area contributed by atoms with Gasteiger partial charge in [0.1, 0.15) is 12.7 Å². The molecule has 0 rings (SSSR count). The fourth-order valence-corrected chi connectivity index (χ4v) is 5.98. The van der Waals surface area contributed by atoms with E-state index in [1.807, 2.05) is 6.08 Å². The number of esters is 2. The summed E-state index contributed by atoms with van der Waals surface area (Å²) in [5, 5.41) is 18.2. The van der Waals surface area contributed by atoms with E-state index >= 15 is 0 Å². The molecule has 0 aliphatic heterocycles. The van der Waals surface area contributed by atoms with E-state index in [9.17, 15) is 24.2 Å². The first-order valence-corrected chi connectivity index (χ1v) is 20.8. The molecule has 0 aromatic heterocycles. The van der Waals surface area contributed by atoms with E-state index < -0.39 is 51.8 Å². The summed E-state index contributed by atoms with van der Waals surface area (Å²) < 4.78 is 32.4. The first kappa shape index (κ1) is 47.4. The molecular formula is C38H71O10P. The minimum atomic E-state index is -4.63. The molecular weight excluding hydrogens is 647 g/mol. The Morgan fingerprint density at radius 2 is 1.12 bits per heavy atom. The van der Waals surface area contributed by atoms with Gasteiger partial charge in [-0.25, -0.2) is 9.36 Å². The lowest BCUT2D eigenvalue weighted by Gasteiger charge is -2.19. The Balaban J connectivity index is 4.47. The second-order valence-electron chi connectivity index (χ2n) is 13.0. The number of hydrogen-bond donors (Lipinski definition) is 3. The normalized spacial score (nSPS) is 14.3. The summed E-state index contributed by atoms with van der Waals surface area (Å²) in [6.07, 6.45) is 32.1. The number of phosphoric acid groups is 1. The molecule has 49 heavy (non-hydrogen) atoms. The van der Waals surface area contributed by atoms with Crippen LogP contribution in [-0.2, 0) is 32.7 Å². The van der Waals surface area contributed by atoms with Crippen molar-refractivity contribution in [2.24, 2.45) is 0 Å². The summed E-state index contributed by atoms with van der Waals surface area (Å²) in [5.74, 6) is -1.17. The van der Waals surface area contributed by atoms with Crippen molar-refractivity contribution in [1.82, 2.24) is 0 Å². The van der Waals surface area contributed by atoms with Crippen LogP contribution in [0, 0.1) is 0 Å². The third-order valence-corrected chi connectivity index (χ3v) is 9.17. The van der Waals surface area contributed by atoms with Gasteiger partial charge in [0.05, 0.1) is 19.8 Å². The maximum atomic E-state index is 12.4. The van der Waals surface area contributed by atoms with E-state index in [1.54, 1.807) is 12.2 Å². The van der Waals surface area contributed by atoms with Crippen LogP contribution >= 0.6 is 7.82 Å². The average molecular weight is 719 g/mol. The number of carbonyl (C=O) groups excluding carboxylic acids is 2. The van der Waals surface area contributed by atoms with Crippen molar-refractivity contribution in [3.05, 3.63) is 24.3 Å². The third kappa shape index (κ3) is 34.7. The van der Waals surface area contributed by atoms with Gasteiger partial charge in [-0.1, -0.05) is 160 Å². The summed E-state index contributed by atoms with van der Waals surface area (Å²) in [4.78, 5) is 34.6. The fourth-order valence-electron chi connectivity index (χ4n) is 5.19.